The molecule has 0 spiro atoms. The van der Waals surface area contributed by atoms with Crippen LogP contribution in [-0.2, 0) is 14.3 Å². The number of hydrogen-bond donors (Lipinski definition) is 2. The zero-order valence-electron chi connectivity index (χ0n) is 26.8. The van der Waals surface area contributed by atoms with Crippen LogP contribution in [0.3, 0.4) is 0 Å². The fraction of sp³-hybridized carbons (Fsp3) is 0.676. The van der Waals surface area contributed by atoms with E-state index in [1.807, 2.05) is 32.9 Å². The molecular weight excluding hydrogens is 514 g/mol. The van der Waals surface area contributed by atoms with E-state index < -0.39 is 23.8 Å². The smallest absolute Gasteiger partial charge is 0.408 e. The molecule has 230 valence electrons. The van der Waals surface area contributed by atoms with Crippen molar-refractivity contribution >= 4 is 17.9 Å². The van der Waals surface area contributed by atoms with Gasteiger partial charge in [-0.15, -0.1) is 6.42 Å². The van der Waals surface area contributed by atoms with Crippen LogP contribution in [0.1, 0.15) is 130 Å². The van der Waals surface area contributed by atoms with E-state index in [1.165, 1.54) is 6.42 Å². The molecule has 0 saturated carbocycles. The largest absolute Gasteiger partial charge is 0.444 e. The number of terminal acetylenes is 1. The molecule has 7 heteroatoms. The van der Waals surface area contributed by atoms with Gasteiger partial charge in [0.25, 0.3) is 0 Å². The number of alkyl carbamates (subject to hydrolysis) is 1. The van der Waals surface area contributed by atoms with Crippen LogP contribution in [0.4, 0.5) is 4.79 Å². The number of benzene rings is 1. The van der Waals surface area contributed by atoms with E-state index in [0.717, 1.165) is 44.9 Å². The summed E-state index contributed by atoms with van der Waals surface area (Å²) in [4.78, 5) is 42.7. The monoisotopic (exact) mass is 569 g/mol. The summed E-state index contributed by atoms with van der Waals surface area (Å²) in [7, 11) is 0. The number of nitrogens with one attached hydrogen (secondary N) is 2. The lowest BCUT2D eigenvalue weighted by atomic mass is 9.97. The SMILES string of the molecule is C#Cc1ccc(C(C(=O)NC(C)CCC)N(CCCCCCCC)C(=O)C(CC(C)C)NC(=O)OC(C)(C)C)cc1. The van der Waals surface area contributed by atoms with Crippen molar-refractivity contribution in [2.45, 2.75) is 137 Å². The lowest BCUT2D eigenvalue weighted by molar-refractivity contribution is -0.143. The van der Waals surface area contributed by atoms with Crippen molar-refractivity contribution in [1.82, 2.24) is 15.5 Å². The summed E-state index contributed by atoms with van der Waals surface area (Å²) in [6.07, 6.45) is 13.4. The van der Waals surface area contributed by atoms with Gasteiger partial charge in [0.15, 0.2) is 0 Å². The van der Waals surface area contributed by atoms with Crippen LogP contribution in [0, 0.1) is 18.3 Å². The predicted octanol–water partition coefficient (Wildman–Crippen LogP) is 7.14. The quantitative estimate of drug-likeness (QED) is 0.154. The molecule has 0 saturated heterocycles. The molecule has 1 rings (SSSR count). The van der Waals surface area contributed by atoms with Crippen molar-refractivity contribution in [2.24, 2.45) is 5.92 Å². The van der Waals surface area contributed by atoms with Crippen molar-refractivity contribution in [2.75, 3.05) is 6.54 Å². The molecule has 0 aromatic heterocycles. The Morgan fingerprint density at radius 1 is 0.927 bits per heavy atom. The highest BCUT2D eigenvalue weighted by Gasteiger charge is 2.36. The maximum Gasteiger partial charge on any atom is 0.408 e. The molecule has 0 aliphatic carbocycles. The molecule has 1 aromatic rings. The van der Waals surface area contributed by atoms with E-state index >= 15 is 0 Å². The summed E-state index contributed by atoms with van der Waals surface area (Å²) in [5.74, 6) is 2.22. The van der Waals surface area contributed by atoms with Crippen LogP contribution < -0.4 is 10.6 Å². The summed E-state index contributed by atoms with van der Waals surface area (Å²) in [6, 6.07) is 5.50. The van der Waals surface area contributed by atoms with Crippen molar-refractivity contribution in [3.63, 3.8) is 0 Å². The van der Waals surface area contributed by atoms with Gasteiger partial charge in [-0.3, -0.25) is 9.59 Å². The van der Waals surface area contributed by atoms with E-state index in [9.17, 15) is 14.4 Å². The summed E-state index contributed by atoms with van der Waals surface area (Å²) >= 11 is 0. The molecule has 0 aliphatic rings. The van der Waals surface area contributed by atoms with Crippen molar-refractivity contribution in [1.29, 1.82) is 0 Å². The number of carbonyl (C=O) groups is 3. The van der Waals surface area contributed by atoms with E-state index in [1.54, 1.807) is 37.8 Å². The molecule has 0 aliphatic heterocycles. The summed E-state index contributed by atoms with van der Waals surface area (Å²) in [5.41, 5.74) is 0.681. The normalized spacial score (nSPS) is 13.6. The van der Waals surface area contributed by atoms with Gasteiger partial charge in [-0.25, -0.2) is 4.79 Å². The Bertz CT molecular complexity index is 975. The fourth-order valence-electron chi connectivity index (χ4n) is 4.83. The minimum absolute atomic E-state index is 0.0441. The molecule has 7 nitrogen and oxygen atoms in total. The third-order valence-electron chi connectivity index (χ3n) is 6.80. The molecule has 0 fully saturated rings. The van der Waals surface area contributed by atoms with Gasteiger partial charge in [0.05, 0.1) is 0 Å². The minimum Gasteiger partial charge on any atom is -0.444 e. The van der Waals surface area contributed by atoms with Gasteiger partial charge in [0, 0.05) is 18.2 Å². The standard InChI is InChI=1S/C34H55N3O4/c1-10-13-14-15-16-17-23-37(32(39)29(24-25(4)5)36-33(40)41-34(7,8)9)30(31(38)35-26(6)18-11-2)28-21-19-27(12-3)20-22-28/h3,19-22,25-26,29-30H,10-11,13-18,23-24H2,1-2,4-9H3,(H,35,38)(H,36,40). The first-order valence-corrected chi connectivity index (χ1v) is 15.5. The van der Waals surface area contributed by atoms with Crippen LogP contribution >= 0.6 is 0 Å². The first kappa shape index (κ1) is 36.0. The average molecular weight is 570 g/mol. The van der Waals surface area contributed by atoms with E-state index in [-0.39, 0.29) is 23.8 Å². The number of amides is 3. The first-order valence-electron chi connectivity index (χ1n) is 15.5. The van der Waals surface area contributed by atoms with Gasteiger partial charge >= 0.3 is 6.09 Å². The number of rotatable bonds is 17. The van der Waals surface area contributed by atoms with Crippen LogP contribution in [0.15, 0.2) is 24.3 Å². The van der Waals surface area contributed by atoms with Crippen LogP contribution in [-0.4, -0.2) is 47.0 Å². The topological polar surface area (TPSA) is 87.7 Å². The van der Waals surface area contributed by atoms with Crippen LogP contribution in [0.25, 0.3) is 0 Å². The zero-order chi connectivity index (χ0) is 31.0. The summed E-state index contributed by atoms with van der Waals surface area (Å²) < 4.78 is 5.49. The lowest BCUT2D eigenvalue weighted by Gasteiger charge is -2.35. The first-order chi connectivity index (χ1) is 19.3. The predicted molar refractivity (Wildman–Crippen MR) is 167 cm³/mol. The molecule has 3 atom stereocenters. The Morgan fingerprint density at radius 2 is 1.54 bits per heavy atom. The molecule has 0 radical (unpaired) electrons. The Labute approximate surface area is 249 Å². The molecule has 3 unspecified atom stereocenters. The molecule has 2 N–H and O–H groups in total. The highest BCUT2D eigenvalue weighted by molar-refractivity contribution is 5.92. The lowest BCUT2D eigenvalue weighted by Crippen LogP contribution is -2.54. The third kappa shape index (κ3) is 13.9. The van der Waals surface area contributed by atoms with Gasteiger partial charge < -0.3 is 20.3 Å². The summed E-state index contributed by atoms with van der Waals surface area (Å²) in [5, 5.41) is 5.95. The van der Waals surface area contributed by atoms with Crippen molar-refractivity contribution in [3.8, 4) is 12.3 Å². The maximum atomic E-state index is 14.3. The van der Waals surface area contributed by atoms with Gasteiger partial charge in [-0.1, -0.05) is 84.3 Å². The average Bonchev–Trinajstić information content (AvgIpc) is 2.88. The molecule has 0 heterocycles. The number of carbonyl (C=O) groups excluding carboxylic acids is 3. The molecule has 0 bridgehead atoms. The van der Waals surface area contributed by atoms with Crippen LogP contribution in [0.2, 0.25) is 0 Å². The van der Waals surface area contributed by atoms with E-state index in [0.29, 0.717) is 24.1 Å². The molecule has 3 amide bonds. The number of hydrogen-bond acceptors (Lipinski definition) is 4. The van der Waals surface area contributed by atoms with Crippen molar-refractivity contribution in [3.05, 3.63) is 35.4 Å². The van der Waals surface area contributed by atoms with E-state index in [4.69, 9.17) is 11.2 Å². The Kier molecular flexibility index (Phi) is 16.2. The number of unbranched alkanes of at least 4 members (excludes halogenated alkanes) is 5. The van der Waals surface area contributed by atoms with Crippen molar-refractivity contribution < 1.29 is 19.1 Å². The highest BCUT2D eigenvalue weighted by atomic mass is 16.6. The van der Waals surface area contributed by atoms with Gasteiger partial charge in [0.1, 0.15) is 17.7 Å². The summed E-state index contributed by atoms with van der Waals surface area (Å²) in [6.45, 7) is 16.0. The number of nitrogens with zero attached hydrogens (tertiary/aromatic N) is 1. The van der Waals surface area contributed by atoms with Crippen LogP contribution in [0.5, 0.6) is 0 Å². The Balaban J connectivity index is 3.50. The van der Waals surface area contributed by atoms with Gasteiger partial charge in [-0.05, 0) is 70.6 Å². The van der Waals surface area contributed by atoms with Gasteiger partial charge in [0.2, 0.25) is 11.8 Å². The second-order valence-corrected chi connectivity index (χ2v) is 12.5. The zero-order valence-corrected chi connectivity index (χ0v) is 26.8. The maximum absolute atomic E-state index is 14.3. The second-order valence-electron chi connectivity index (χ2n) is 12.5. The van der Waals surface area contributed by atoms with E-state index in [2.05, 4.69) is 30.4 Å². The third-order valence-corrected chi connectivity index (χ3v) is 6.80. The molecule has 1 aromatic carbocycles. The molecule has 41 heavy (non-hydrogen) atoms. The number of ether oxygens (including phenoxy) is 1. The van der Waals surface area contributed by atoms with Gasteiger partial charge in [-0.2, -0.15) is 0 Å². The Morgan fingerprint density at radius 3 is 2.07 bits per heavy atom. The fourth-order valence-corrected chi connectivity index (χ4v) is 4.83. The molecular formula is C34H55N3O4. The second kappa shape index (κ2) is 18.4. The highest BCUT2D eigenvalue weighted by Crippen LogP contribution is 2.26. The minimum atomic E-state index is -0.862. The Hall–Kier alpha value is -3.01.